The quantitative estimate of drug-likeness (QED) is 0.528. The number of fused-ring (bicyclic) bond motifs is 2. The molecule has 3 aromatic carbocycles. The van der Waals surface area contributed by atoms with Gasteiger partial charge in [-0.25, -0.2) is 0 Å². The van der Waals surface area contributed by atoms with Crippen LogP contribution in [0.25, 0.3) is 21.5 Å². The lowest BCUT2D eigenvalue weighted by Crippen LogP contribution is -2.46. The standard InChI is InChI=1S/C24H28N2.2ClH/c1-2-8-18(7-1)24(26-15-13-25-14-16-26)23-21-11-5-3-9-19(21)17-20-10-4-6-12-22(20)23;;/h3-6,9-12,17-18,24-25H,1-2,7-8,13-16H2;2*1H/t24-;;/m1../s1. The molecule has 0 aromatic heterocycles. The number of hydrogen-bond donors (Lipinski definition) is 1. The van der Waals surface area contributed by atoms with Gasteiger partial charge in [0.05, 0.1) is 0 Å². The van der Waals surface area contributed by atoms with E-state index in [4.69, 9.17) is 0 Å². The van der Waals surface area contributed by atoms with Crippen molar-refractivity contribution in [1.82, 2.24) is 10.2 Å². The van der Waals surface area contributed by atoms with Gasteiger partial charge in [-0.1, -0.05) is 61.4 Å². The predicted molar refractivity (Wildman–Crippen MR) is 125 cm³/mol. The Morgan fingerprint density at radius 1 is 0.786 bits per heavy atom. The number of halogens is 2. The molecule has 1 N–H and O–H groups in total. The van der Waals surface area contributed by atoms with Gasteiger partial charge in [0.25, 0.3) is 0 Å². The van der Waals surface area contributed by atoms with E-state index in [2.05, 4.69) is 64.8 Å². The van der Waals surface area contributed by atoms with Gasteiger partial charge < -0.3 is 5.32 Å². The number of nitrogens with one attached hydrogen (secondary N) is 1. The Balaban J connectivity index is 0.00000112. The summed E-state index contributed by atoms with van der Waals surface area (Å²) in [5, 5.41) is 9.24. The first kappa shape index (κ1) is 21.4. The molecule has 0 bridgehead atoms. The van der Waals surface area contributed by atoms with Gasteiger partial charge in [-0.15, -0.1) is 24.8 Å². The van der Waals surface area contributed by atoms with Gasteiger partial charge in [-0.2, -0.15) is 0 Å². The lowest BCUT2D eigenvalue weighted by molar-refractivity contribution is 0.127. The Bertz CT molecular complexity index is 861. The minimum absolute atomic E-state index is 0. The zero-order valence-electron chi connectivity index (χ0n) is 16.3. The summed E-state index contributed by atoms with van der Waals surface area (Å²) in [5.41, 5.74) is 1.59. The highest BCUT2D eigenvalue weighted by Gasteiger charge is 2.33. The summed E-state index contributed by atoms with van der Waals surface area (Å²) in [4.78, 5) is 2.78. The lowest BCUT2D eigenvalue weighted by Gasteiger charge is -2.39. The first-order valence-electron chi connectivity index (χ1n) is 10.3. The summed E-state index contributed by atoms with van der Waals surface area (Å²) in [6, 6.07) is 21.0. The van der Waals surface area contributed by atoms with Crippen molar-refractivity contribution in [2.24, 2.45) is 5.92 Å². The van der Waals surface area contributed by atoms with Crippen LogP contribution in [-0.2, 0) is 0 Å². The molecule has 1 saturated carbocycles. The molecule has 0 amide bonds. The molecule has 3 aromatic rings. The third-order valence-corrected chi connectivity index (χ3v) is 6.50. The van der Waals surface area contributed by atoms with Crippen molar-refractivity contribution in [3.63, 3.8) is 0 Å². The van der Waals surface area contributed by atoms with Crippen LogP contribution in [0.15, 0.2) is 54.6 Å². The van der Waals surface area contributed by atoms with Gasteiger partial charge in [0.2, 0.25) is 0 Å². The van der Waals surface area contributed by atoms with E-state index in [0.717, 1.165) is 19.0 Å². The molecule has 1 aliphatic carbocycles. The summed E-state index contributed by atoms with van der Waals surface area (Å²) in [6.45, 7) is 4.56. The van der Waals surface area contributed by atoms with Crippen molar-refractivity contribution in [1.29, 1.82) is 0 Å². The van der Waals surface area contributed by atoms with Crippen molar-refractivity contribution >= 4 is 46.4 Å². The van der Waals surface area contributed by atoms with Crippen LogP contribution >= 0.6 is 24.8 Å². The highest BCUT2D eigenvalue weighted by molar-refractivity contribution is 6.02. The van der Waals surface area contributed by atoms with Crippen LogP contribution in [-0.4, -0.2) is 31.1 Å². The molecule has 2 aliphatic rings. The van der Waals surface area contributed by atoms with Crippen LogP contribution in [0.5, 0.6) is 0 Å². The van der Waals surface area contributed by atoms with Crippen molar-refractivity contribution in [3.8, 4) is 0 Å². The highest BCUT2D eigenvalue weighted by atomic mass is 35.5. The predicted octanol–water partition coefficient (Wildman–Crippen LogP) is 5.97. The Labute approximate surface area is 180 Å². The second-order valence-corrected chi connectivity index (χ2v) is 8.01. The molecule has 1 atom stereocenters. The molecule has 5 rings (SSSR count). The average molecular weight is 417 g/mol. The van der Waals surface area contributed by atoms with E-state index in [1.807, 2.05) is 0 Å². The van der Waals surface area contributed by atoms with E-state index in [1.165, 1.54) is 60.3 Å². The van der Waals surface area contributed by atoms with Gasteiger partial charge in [0.1, 0.15) is 0 Å². The summed E-state index contributed by atoms with van der Waals surface area (Å²) >= 11 is 0. The average Bonchev–Trinajstić information content (AvgIpc) is 3.23. The molecule has 0 unspecified atom stereocenters. The van der Waals surface area contributed by atoms with E-state index in [0.29, 0.717) is 6.04 Å². The van der Waals surface area contributed by atoms with Gasteiger partial charge in [-0.05, 0) is 51.9 Å². The third kappa shape index (κ3) is 3.89. The maximum atomic E-state index is 3.54. The van der Waals surface area contributed by atoms with E-state index in [-0.39, 0.29) is 24.8 Å². The SMILES string of the molecule is Cl.Cl.c1ccc2c([C@@H](C3CCCC3)N3CCNCC3)c3ccccc3cc2c1. The van der Waals surface area contributed by atoms with Crippen LogP contribution in [0.3, 0.4) is 0 Å². The van der Waals surface area contributed by atoms with Crippen LogP contribution in [0.1, 0.15) is 37.3 Å². The van der Waals surface area contributed by atoms with E-state index in [9.17, 15) is 0 Å². The van der Waals surface area contributed by atoms with Crippen molar-refractivity contribution in [3.05, 3.63) is 60.2 Å². The molecule has 2 fully saturated rings. The van der Waals surface area contributed by atoms with Gasteiger partial charge in [0, 0.05) is 32.2 Å². The molecule has 0 spiro atoms. The fraction of sp³-hybridized carbons (Fsp3) is 0.417. The van der Waals surface area contributed by atoms with E-state index < -0.39 is 0 Å². The van der Waals surface area contributed by atoms with E-state index in [1.54, 1.807) is 5.56 Å². The molecular weight excluding hydrogens is 387 g/mol. The van der Waals surface area contributed by atoms with Gasteiger partial charge >= 0.3 is 0 Å². The zero-order valence-corrected chi connectivity index (χ0v) is 17.9. The smallest absolute Gasteiger partial charge is 0.0389 e. The molecule has 4 heteroatoms. The molecule has 0 radical (unpaired) electrons. The largest absolute Gasteiger partial charge is 0.314 e. The minimum atomic E-state index is 0. The molecule has 28 heavy (non-hydrogen) atoms. The Morgan fingerprint density at radius 2 is 1.32 bits per heavy atom. The van der Waals surface area contributed by atoms with Crippen molar-refractivity contribution < 1.29 is 0 Å². The first-order valence-corrected chi connectivity index (χ1v) is 10.3. The lowest BCUT2D eigenvalue weighted by atomic mass is 9.84. The second kappa shape index (κ2) is 9.45. The summed E-state index contributed by atoms with van der Waals surface area (Å²) in [5.74, 6) is 0.794. The molecule has 2 nitrogen and oxygen atoms in total. The molecule has 1 aliphatic heterocycles. The summed E-state index contributed by atoms with van der Waals surface area (Å²) < 4.78 is 0. The van der Waals surface area contributed by atoms with Crippen LogP contribution in [0.4, 0.5) is 0 Å². The fourth-order valence-corrected chi connectivity index (χ4v) is 5.32. The maximum absolute atomic E-state index is 3.54. The molecule has 150 valence electrons. The fourth-order valence-electron chi connectivity index (χ4n) is 5.32. The monoisotopic (exact) mass is 416 g/mol. The normalized spacial score (nSPS) is 19.3. The number of nitrogens with zero attached hydrogens (tertiary/aromatic N) is 1. The van der Waals surface area contributed by atoms with Crippen LogP contribution in [0, 0.1) is 5.92 Å². The summed E-state index contributed by atoms with van der Waals surface area (Å²) in [6.07, 6.45) is 5.56. The topological polar surface area (TPSA) is 15.3 Å². The maximum Gasteiger partial charge on any atom is 0.0389 e. The van der Waals surface area contributed by atoms with Crippen LogP contribution < -0.4 is 5.32 Å². The van der Waals surface area contributed by atoms with Crippen molar-refractivity contribution in [2.45, 2.75) is 31.7 Å². The summed E-state index contributed by atoms with van der Waals surface area (Å²) in [7, 11) is 0. The molecule has 1 heterocycles. The Hall–Kier alpha value is -1.32. The van der Waals surface area contributed by atoms with E-state index >= 15 is 0 Å². The number of benzene rings is 3. The first-order chi connectivity index (χ1) is 12.9. The Morgan fingerprint density at radius 3 is 1.89 bits per heavy atom. The molecule has 1 saturated heterocycles. The highest BCUT2D eigenvalue weighted by Crippen LogP contribution is 2.44. The minimum Gasteiger partial charge on any atom is -0.314 e. The number of hydrogen-bond acceptors (Lipinski definition) is 2. The van der Waals surface area contributed by atoms with Gasteiger partial charge in [-0.3, -0.25) is 4.90 Å². The number of piperazine rings is 1. The third-order valence-electron chi connectivity index (χ3n) is 6.50. The van der Waals surface area contributed by atoms with Crippen LogP contribution in [0.2, 0.25) is 0 Å². The number of rotatable bonds is 3. The second-order valence-electron chi connectivity index (χ2n) is 8.01. The molecular formula is C24H30Cl2N2. The van der Waals surface area contributed by atoms with Gasteiger partial charge in [0.15, 0.2) is 0 Å². The zero-order chi connectivity index (χ0) is 17.3. The van der Waals surface area contributed by atoms with Crippen molar-refractivity contribution in [2.75, 3.05) is 26.2 Å². The Kier molecular flexibility index (Phi) is 7.22.